The van der Waals surface area contributed by atoms with E-state index in [4.69, 9.17) is 17.0 Å². The zero-order valence-electron chi connectivity index (χ0n) is 7.44. The molecule has 0 aliphatic carbocycles. The van der Waals surface area contributed by atoms with Gasteiger partial charge in [-0.3, -0.25) is 5.01 Å². The van der Waals surface area contributed by atoms with E-state index in [1.807, 2.05) is 12.1 Å². The number of nitrogen functional groups attached to an aromatic ring is 1. The largest absolute Gasteiger partial charge is 0.399 e. The molecule has 0 spiro atoms. The summed E-state index contributed by atoms with van der Waals surface area (Å²) in [7, 11) is 1.64. The van der Waals surface area contributed by atoms with Crippen LogP contribution in [-0.2, 0) is 0 Å². The average Bonchev–Trinajstić information content (AvgIpc) is 2.15. The molecule has 5 N–H and O–H groups in total. The minimum absolute atomic E-state index is 0.416. The van der Waals surface area contributed by atoms with E-state index in [0.29, 0.717) is 5.69 Å². The second kappa shape index (κ2) is 3.86. The first-order valence-electron chi connectivity index (χ1n) is 3.86. The molecule has 0 heterocycles. The minimum Gasteiger partial charge on any atom is -0.399 e. The molecule has 1 atom stereocenters. The lowest BCUT2D eigenvalue weighted by Gasteiger charge is -2.19. The fourth-order valence-corrected chi connectivity index (χ4v) is 1.02. The topological polar surface area (TPSA) is 91.5 Å². The molecule has 0 aromatic heterocycles. The van der Waals surface area contributed by atoms with E-state index in [2.05, 4.69) is 5.22 Å². The highest BCUT2D eigenvalue weighted by Gasteiger charge is 2.09. The Kier molecular flexibility index (Phi) is 2.81. The number of rotatable bonds is 3. The maximum atomic E-state index is 6.78. The first kappa shape index (κ1) is 9.47. The van der Waals surface area contributed by atoms with Crippen molar-refractivity contribution < 1.29 is 0 Å². The number of hydrogen-bond acceptors (Lipinski definition) is 4. The van der Waals surface area contributed by atoms with Crippen LogP contribution in [-0.4, -0.2) is 12.1 Å². The molecule has 0 fully saturated rings. The van der Waals surface area contributed by atoms with E-state index in [1.54, 1.807) is 19.2 Å². The van der Waals surface area contributed by atoms with Crippen molar-refractivity contribution >= 4 is 5.69 Å². The molecule has 0 radical (unpaired) electrons. The van der Waals surface area contributed by atoms with Gasteiger partial charge >= 0.3 is 0 Å². The van der Waals surface area contributed by atoms with Crippen molar-refractivity contribution in [1.82, 2.24) is 5.01 Å². The summed E-state index contributed by atoms with van der Waals surface area (Å²) >= 11 is 0. The van der Waals surface area contributed by atoms with E-state index in [-0.39, 0.29) is 0 Å². The fraction of sp³-hybridized carbons (Fsp3) is 0.250. The molecule has 0 amide bonds. The minimum atomic E-state index is -0.416. The summed E-state index contributed by atoms with van der Waals surface area (Å²) in [6, 6.07) is 7.23. The second-order valence-electron chi connectivity index (χ2n) is 2.79. The van der Waals surface area contributed by atoms with Gasteiger partial charge in [0.15, 0.2) is 0 Å². The molecule has 0 saturated heterocycles. The summed E-state index contributed by atoms with van der Waals surface area (Å²) in [5, 5.41) is 4.57. The van der Waals surface area contributed by atoms with Crippen molar-refractivity contribution in [1.29, 1.82) is 5.53 Å². The quantitative estimate of drug-likeness (QED) is 0.281. The third kappa shape index (κ3) is 2.16. The van der Waals surface area contributed by atoms with Crippen molar-refractivity contribution in [3.8, 4) is 0 Å². The third-order valence-electron chi connectivity index (χ3n) is 1.81. The first-order chi connectivity index (χ1) is 6.15. The highest BCUT2D eigenvalue weighted by Crippen LogP contribution is 2.16. The summed E-state index contributed by atoms with van der Waals surface area (Å²) in [5.41, 5.74) is 19.6. The van der Waals surface area contributed by atoms with Crippen LogP contribution >= 0.6 is 0 Å². The Hall–Kier alpha value is -1.62. The Morgan fingerprint density at radius 1 is 1.54 bits per heavy atom. The first-order valence-corrected chi connectivity index (χ1v) is 3.86. The Bertz CT molecular complexity index is 298. The second-order valence-corrected chi connectivity index (χ2v) is 2.79. The Balaban J connectivity index is 2.88. The summed E-state index contributed by atoms with van der Waals surface area (Å²) in [6.07, 6.45) is -0.416. The van der Waals surface area contributed by atoms with Gasteiger partial charge < -0.3 is 11.5 Å². The molecule has 1 aromatic rings. The number of nitrogens with zero attached hydrogens (tertiary/aromatic N) is 2. The third-order valence-corrected chi connectivity index (χ3v) is 1.81. The van der Waals surface area contributed by atoms with E-state index < -0.39 is 6.17 Å². The lowest BCUT2D eigenvalue weighted by atomic mass is 10.1. The van der Waals surface area contributed by atoms with E-state index in [0.717, 1.165) is 5.56 Å². The maximum Gasteiger partial charge on any atom is 0.121 e. The highest BCUT2D eigenvalue weighted by molar-refractivity contribution is 5.41. The SMILES string of the molecule is CN(N=N)C(N)c1cccc(N)c1. The van der Waals surface area contributed by atoms with Crippen molar-refractivity contribution in [3.05, 3.63) is 29.8 Å². The molecule has 5 heteroatoms. The lowest BCUT2D eigenvalue weighted by molar-refractivity contribution is 0.237. The number of anilines is 1. The molecule has 1 rings (SSSR count). The van der Waals surface area contributed by atoms with Crippen LogP contribution in [0.4, 0.5) is 5.69 Å². The number of hydrogen-bond donors (Lipinski definition) is 3. The van der Waals surface area contributed by atoms with Crippen molar-refractivity contribution in [2.45, 2.75) is 6.17 Å². The molecule has 0 aliphatic rings. The standard InChI is InChI=1S/C8H13N5/c1-13(12-11)8(10)6-3-2-4-7(9)5-6/h2-5,8,11H,9-10H2,1H3. The number of nitrogens with two attached hydrogens (primary N) is 2. The van der Waals surface area contributed by atoms with Gasteiger partial charge in [0.25, 0.3) is 0 Å². The van der Waals surface area contributed by atoms with E-state index in [1.165, 1.54) is 5.01 Å². The molecule has 13 heavy (non-hydrogen) atoms. The summed E-state index contributed by atoms with van der Waals surface area (Å²) in [5.74, 6) is 0. The van der Waals surface area contributed by atoms with Gasteiger partial charge in [0, 0.05) is 12.7 Å². The van der Waals surface area contributed by atoms with Crippen LogP contribution in [0.25, 0.3) is 0 Å². The van der Waals surface area contributed by atoms with Crippen LogP contribution in [0.3, 0.4) is 0 Å². The summed E-state index contributed by atoms with van der Waals surface area (Å²) < 4.78 is 0. The van der Waals surface area contributed by atoms with Crippen LogP contribution in [0.15, 0.2) is 29.5 Å². The van der Waals surface area contributed by atoms with Gasteiger partial charge in [-0.1, -0.05) is 17.4 Å². The molecule has 5 nitrogen and oxygen atoms in total. The van der Waals surface area contributed by atoms with Gasteiger partial charge in [-0.2, -0.15) is 5.53 Å². The summed E-state index contributed by atoms with van der Waals surface area (Å²) in [6.45, 7) is 0. The average molecular weight is 179 g/mol. The predicted molar refractivity (Wildman–Crippen MR) is 50.7 cm³/mol. The molecular formula is C8H13N5. The lowest BCUT2D eigenvalue weighted by Crippen LogP contribution is -2.26. The summed E-state index contributed by atoms with van der Waals surface area (Å²) in [4.78, 5) is 0. The number of nitrogens with one attached hydrogen (secondary N) is 1. The maximum absolute atomic E-state index is 6.78. The van der Waals surface area contributed by atoms with Crippen LogP contribution in [0.1, 0.15) is 11.7 Å². The van der Waals surface area contributed by atoms with Crippen LogP contribution < -0.4 is 11.5 Å². The monoisotopic (exact) mass is 179 g/mol. The Labute approximate surface area is 76.8 Å². The van der Waals surface area contributed by atoms with E-state index in [9.17, 15) is 0 Å². The van der Waals surface area contributed by atoms with Crippen LogP contribution in [0.5, 0.6) is 0 Å². The normalized spacial score (nSPS) is 12.2. The Morgan fingerprint density at radius 3 is 2.77 bits per heavy atom. The number of benzene rings is 1. The zero-order chi connectivity index (χ0) is 9.84. The zero-order valence-corrected chi connectivity index (χ0v) is 7.44. The van der Waals surface area contributed by atoms with Gasteiger partial charge in [-0.25, -0.2) is 0 Å². The molecule has 0 bridgehead atoms. The van der Waals surface area contributed by atoms with Gasteiger partial charge in [0.2, 0.25) is 0 Å². The smallest absolute Gasteiger partial charge is 0.121 e. The van der Waals surface area contributed by atoms with Crippen LogP contribution in [0, 0.1) is 5.53 Å². The molecular weight excluding hydrogens is 166 g/mol. The highest BCUT2D eigenvalue weighted by atomic mass is 15.5. The molecule has 0 saturated carbocycles. The van der Waals surface area contributed by atoms with E-state index >= 15 is 0 Å². The van der Waals surface area contributed by atoms with Crippen LogP contribution in [0.2, 0.25) is 0 Å². The van der Waals surface area contributed by atoms with Crippen molar-refractivity contribution in [2.75, 3.05) is 12.8 Å². The predicted octanol–water partition coefficient (Wildman–Crippen LogP) is 1.10. The molecule has 70 valence electrons. The van der Waals surface area contributed by atoms with Gasteiger partial charge in [0.1, 0.15) is 6.17 Å². The molecule has 0 aliphatic heterocycles. The van der Waals surface area contributed by atoms with Gasteiger partial charge in [-0.15, -0.1) is 0 Å². The molecule has 1 unspecified atom stereocenters. The van der Waals surface area contributed by atoms with Gasteiger partial charge in [0.05, 0.1) is 0 Å². The van der Waals surface area contributed by atoms with Crippen molar-refractivity contribution in [2.24, 2.45) is 11.0 Å². The fourth-order valence-electron chi connectivity index (χ4n) is 1.02. The Morgan fingerprint density at radius 2 is 2.23 bits per heavy atom. The van der Waals surface area contributed by atoms with Gasteiger partial charge in [-0.05, 0) is 17.7 Å². The van der Waals surface area contributed by atoms with Crippen molar-refractivity contribution in [3.63, 3.8) is 0 Å². The molecule has 1 aromatic carbocycles.